The van der Waals surface area contributed by atoms with Crippen molar-refractivity contribution in [3.8, 4) is 22.9 Å². The Morgan fingerprint density at radius 2 is 1.75 bits per heavy atom. The van der Waals surface area contributed by atoms with Crippen LogP contribution in [-0.2, 0) is 0 Å². The molecular weight excluding hydrogens is 312 g/mol. The number of carbonyl (C=O) groups is 1. The van der Waals surface area contributed by atoms with Crippen molar-refractivity contribution in [2.75, 3.05) is 14.2 Å². The van der Waals surface area contributed by atoms with E-state index in [2.05, 4.69) is 4.98 Å². The Hall–Kier alpha value is -2.64. The van der Waals surface area contributed by atoms with E-state index < -0.39 is 5.97 Å². The van der Waals surface area contributed by atoms with Crippen molar-refractivity contribution in [2.45, 2.75) is 19.9 Å². The largest absolute Gasteiger partial charge is 0.496 e. The summed E-state index contributed by atoms with van der Waals surface area (Å²) in [6, 6.07) is 10.3. The number of hydrogen-bond donors (Lipinski definition) is 2. The third-order valence-electron chi connectivity index (χ3n) is 2.65. The average molecular weight is 336 g/mol. The molecule has 0 saturated heterocycles. The first-order valence-electron chi connectivity index (χ1n) is 7.07. The minimum atomic E-state index is -1.00. The van der Waals surface area contributed by atoms with Crippen LogP contribution in [0.3, 0.4) is 0 Å². The molecule has 0 atom stereocenters. The number of nitrogens with two attached hydrogens (primary N) is 1. The number of benzene rings is 1. The molecule has 7 nitrogen and oxygen atoms in total. The van der Waals surface area contributed by atoms with Crippen LogP contribution < -0.4 is 15.2 Å². The highest BCUT2D eigenvalue weighted by molar-refractivity contribution is 5.95. The van der Waals surface area contributed by atoms with E-state index in [0.29, 0.717) is 28.9 Å². The second-order valence-corrected chi connectivity index (χ2v) is 5.03. The van der Waals surface area contributed by atoms with Gasteiger partial charge in [0.25, 0.3) is 0 Å². The lowest BCUT2D eigenvalue weighted by Crippen LogP contribution is -2.06. The number of nitrogens with zero attached hydrogens (tertiary/aromatic N) is 1. The van der Waals surface area contributed by atoms with E-state index in [9.17, 15) is 9.90 Å². The van der Waals surface area contributed by atoms with Crippen LogP contribution in [0.4, 0.5) is 0 Å². The maximum absolute atomic E-state index is 11.2. The van der Waals surface area contributed by atoms with Crippen LogP contribution in [0.5, 0.6) is 11.6 Å². The van der Waals surface area contributed by atoms with Crippen molar-refractivity contribution in [3.63, 3.8) is 0 Å². The molecule has 0 unspecified atom stereocenters. The van der Waals surface area contributed by atoms with Gasteiger partial charge in [0.2, 0.25) is 5.88 Å². The van der Waals surface area contributed by atoms with Crippen molar-refractivity contribution in [2.24, 2.45) is 5.73 Å². The molecule has 0 aliphatic rings. The average Bonchev–Trinajstić information content (AvgIpc) is 2.53. The zero-order valence-corrected chi connectivity index (χ0v) is 14.2. The molecular formula is C17H24N2O5. The first-order valence-corrected chi connectivity index (χ1v) is 7.07. The van der Waals surface area contributed by atoms with Crippen molar-refractivity contribution in [1.82, 2.24) is 4.98 Å². The molecule has 0 radical (unpaired) electrons. The Labute approximate surface area is 141 Å². The molecule has 5 N–H and O–H groups in total. The van der Waals surface area contributed by atoms with Crippen LogP contribution >= 0.6 is 0 Å². The summed E-state index contributed by atoms with van der Waals surface area (Å²) in [5.74, 6) is -0.0734. The number of rotatable bonds is 4. The number of aromatic nitrogens is 1. The van der Waals surface area contributed by atoms with Gasteiger partial charge in [-0.25, -0.2) is 9.78 Å². The zero-order chi connectivity index (χ0) is 17.4. The van der Waals surface area contributed by atoms with E-state index >= 15 is 0 Å². The minimum Gasteiger partial charge on any atom is -0.496 e. The van der Waals surface area contributed by atoms with Gasteiger partial charge in [-0.1, -0.05) is 32.0 Å². The molecule has 0 aliphatic heterocycles. The standard InChI is InChI=1S/C14H13NO4.C3H9N.H2O/c1-18-9-7-12(15-13(8-9)19-2)10-5-3-4-6-11(10)14(16)17;1-3(2)4;/h3-8H,1-2H3,(H,16,17);3H,4H2,1-2H3;1H2. The molecule has 2 aromatic rings. The second kappa shape index (κ2) is 10.2. The molecule has 1 aromatic carbocycles. The molecule has 0 bridgehead atoms. The van der Waals surface area contributed by atoms with Gasteiger partial charge in [-0.2, -0.15) is 0 Å². The molecule has 0 fully saturated rings. The van der Waals surface area contributed by atoms with E-state index in [4.69, 9.17) is 15.2 Å². The van der Waals surface area contributed by atoms with E-state index in [1.807, 2.05) is 13.8 Å². The normalized spacial score (nSPS) is 9.42. The maximum Gasteiger partial charge on any atom is 0.336 e. The summed E-state index contributed by atoms with van der Waals surface area (Å²) in [4.78, 5) is 15.5. The van der Waals surface area contributed by atoms with Crippen LogP contribution in [0.15, 0.2) is 36.4 Å². The summed E-state index contributed by atoms with van der Waals surface area (Å²) in [5, 5.41) is 9.19. The lowest BCUT2D eigenvalue weighted by Gasteiger charge is -2.09. The Balaban J connectivity index is 0.000000954. The molecule has 0 saturated carbocycles. The molecule has 2 rings (SSSR count). The highest BCUT2D eigenvalue weighted by atomic mass is 16.5. The number of carboxylic acids is 1. The first kappa shape index (κ1) is 21.4. The summed E-state index contributed by atoms with van der Waals surface area (Å²) >= 11 is 0. The van der Waals surface area contributed by atoms with E-state index in [0.717, 1.165) is 0 Å². The van der Waals surface area contributed by atoms with Crippen molar-refractivity contribution in [3.05, 3.63) is 42.0 Å². The Bertz CT molecular complexity index is 634. The fourth-order valence-corrected chi connectivity index (χ4v) is 1.73. The van der Waals surface area contributed by atoms with Gasteiger partial charge in [0.15, 0.2) is 0 Å². The third-order valence-corrected chi connectivity index (χ3v) is 2.65. The quantitative estimate of drug-likeness (QED) is 0.879. The minimum absolute atomic E-state index is 0. The van der Waals surface area contributed by atoms with E-state index in [1.54, 1.807) is 30.3 Å². The molecule has 1 heterocycles. The predicted molar refractivity (Wildman–Crippen MR) is 92.7 cm³/mol. The highest BCUT2D eigenvalue weighted by Crippen LogP contribution is 2.28. The van der Waals surface area contributed by atoms with Gasteiger partial charge < -0.3 is 25.8 Å². The first-order chi connectivity index (χ1) is 10.9. The van der Waals surface area contributed by atoms with Crippen LogP contribution in [0.1, 0.15) is 24.2 Å². The van der Waals surface area contributed by atoms with Crippen molar-refractivity contribution in [1.29, 1.82) is 0 Å². The number of pyridine rings is 1. The van der Waals surface area contributed by atoms with Crippen LogP contribution in [-0.4, -0.2) is 41.8 Å². The Kier molecular flexibility index (Phi) is 9.07. The smallest absolute Gasteiger partial charge is 0.336 e. The predicted octanol–water partition coefficient (Wildman–Crippen LogP) is 1.99. The Morgan fingerprint density at radius 3 is 2.25 bits per heavy atom. The number of carboxylic acid groups (broad SMARTS) is 1. The summed E-state index contributed by atoms with van der Waals surface area (Å²) in [6.07, 6.45) is 0. The monoisotopic (exact) mass is 336 g/mol. The van der Waals surface area contributed by atoms with Gasteiger partial charge in [-0.3, -0.25) is 0 Å². The molecule has 0 amide bonds. The number of ether oxygens (including phenoxy) is 2. The number of hydrogen-bond acceptors (Lipinski definition) is 5. The number of methoxy groups -OCH3 is 2. The fraction of sp³-hybridized carbons (Fsp3) is 0.294. The lowest BCUT2D eigenvalue weighted by atomic mass is 10.0. The topological polar surface area (TPSA) is 126 Å². The highest BCUT2D eigenvalue weighted by Gasteiger charge is 2.13. The van der Waals surface area contributed by atoms with Gasteiger partial charge in [-0.15, -0.1) is 0 Å². The molecule has 132 valence electrons. The molecule has 0 spiro atoms. The van der Waals surface area contributed by atoms with Crippen molar-refractivity contribution >= 4 is 5.97 Å². The molecule has 1 aromatic heterocycles. The Morgan fingerprint density at radius 1 is 1.17 bits per heavy atom. The summed E-state index contributed by atoms with van der Waals surface area (Å²) in [5.41, 5.74) is 6.31. The van der Waals surface area contributed by atoms with Gasteiger partial charge in [0.05, 0.1) is 25.5 Å². The van der Waals surface area contributed by atoms with E-state index in [-0.39, 0.29) is 11.0 Å². The molecule has 7 heteroatoms. The van der Waals surface area contributed by atoms with E-state index in [1.165, 1.54) is 20.3 Å². The van der Waals surface area contributed by atoms with Crippen LogP contribution in [0.25, 0.3) is 11.3 Å². The summed E-state index contributed by atoms with van der Waals surface area (Å²) < 4.78 is 10.2. The SMILES string of the molecule is CC(C)N.COc1cc(OC)nc(-c2ccccc2C(=O)O)c1.O. The van der Waals surface area contributed by atoms with Crippen LogP contribution in [0.2, 0.25) is 0 Å². The zero-order valence-electron chi connectivity index (χ0n) is 14.2. The summed E-state index contributed by atoms with van der Waals surface area (Å²) in [7, 11) is 3.02. The maximum atomic E-state index is 11.2. The van der Waals surface area contributed by atoms with Gasteiger partial charge >= 0.3 is 5.97 Å². The fourth-order valence-electron chi connectivity index (χ4n) is 1.73. The molecule has 24 heavy (non-hydrogen) atoms. The van der Waals surface area contributed by atoms with Gasteiger partial charge in [0, 0.05) is 17.7 Å². The summed E-state index contributed by atoms with van der Waals surface area (Å²) in [6.45, 7) is 3.89. The second-order valence-electron chi connectivity index (χ2n) is 5.03. The van der Waals surface area contributed by atoms with Gasteiger partial charge in [-0.05, 0) is 12.1 Å². The van der Waals surface area contributed by atoms with Crippen LogP contribution in [0, 0.1) is 0 Å². The third kappa shape index (κ3) is 6.23. The lowest BCUT2D eigenvalue weighted by molar-refractivity contribution is 0.0697. The van der Waals surface area contributed by atoms with Gasteiger partial charge in [0.1, 0.15) is 5.75 Å². The number of aromatic carboxylic acids is 1. The molecule has 0 aliphatic carbocycles. The van der Waals surface area contributed by atoms with Crippen molar-refractivity contribution < 1.29 is 24.9 Å².